The van der Waals surface area contributed by atoms with Gasteiger partial charge in [-0.3, -0.25) is 4.98 Å². The van der Waals surface area contributed by atoms with Gasteiger partial charge in [0.05, 0.1) is 0 Å². The zero-order valence-corrected chi connectivity index (χ0v) is 11.5. The van der Waals surface area contributed by atoms with Crippen molar-refractivity contribution in [3.05, 3.63) is 59.4 Å². The van der Waals surface area contributed by atoms with Crippen LogP contribution < -0.4 is 10.1 Å². The molecule has 0 aliphatic rings. The minimum atomic E-state index is 0.0699. The van der Waals surface area contributed by atoms with Crippen LogP contribution in [0, 0.1) is 18.3 Å². The lowest BCUT2D eigenvalue weighted by Gasteiger charge is -2.11. The molecule has 0 aliphatic heterocycles. The normalized spacial score (nSPS) is 10.0. The first-order valence-electron chi connectivity index (χ1n) is 6.49. The van der Waals surface area contributed by atoms with Crippen LogP contribution in [-0.2, 0) is 13.1 Å². The Hall–Kier alpha value is -2.38. The smallest absolute Gasteiger partial charge is 0.174 e. The lowest BCUT2D eigenvalue weighted by Crippen LogP contribution is -2.14. The van der Waals surface area contributed by atoms with E-state index in [0.717, 1.165) is 17.9 Å². The van der Waals surface area contributed by atoms with Crippen molar-refractivity contribution in [2.45, 2.75) is 20.0 Å². The monoisotopic (exact) mass is 267 g/mol. The van der Waals surface area contributed by atoms with E-state index < -0.39 is 0 Å². The molecule has 1 N–H and O–H groups in total. The first-order valence-corrected chi connectivity index (χ1v) is 6.49. The largest absolute Gasteiger partial charge is 0.478 e. The summed E-state index contributed by atoms with van der Waals surface area (Å²) in [6.45, 7) is 3.60. The number of aromatic nitrogens is 1. The van der Waals surface area contributed by atoms with Gasteiger partial charge in [0.2, 0.25) is 0 Å². The highest BCUT2D eigenvalue weighted by Crippen LogP contribution is 2.17. The highest BCUT2D eigenvalue weighted by molar-refractivity contribution is 5.33. The number of ether oxygens (including phenoxy) is 1. The molecular formula is C16H17N3O. The summed E-state index contributed by atoms with van der Waals surface area (Å²) in [5.41, 5.74) is 3.46. The van der Waals surface area contributed by atoms with E-state index in [2.05, 4.69) is 10.3 Å². The van der Waals surface area contributed by atoms with Crippen molar-refractivity contribution in [3.8, 4) is 11.8 Å². The Morgan fingerprint density at radius 3 is 2.80 bits per heavy atom. The Morgan fingerprint density at radius 1 is 1.20 bits per heavy atom. The van der Waals surface area contributed by atoms with Crippen LogP contribution in [-0.4, -0.2) is 11.6 Å². The van der Waals surface area contributed by atoms with E-state index in [4.69, 9.17) is 10.00 Å². The van der Waals surface area contributed by atoms with Gasteiger partial charge in [-0.25, -0.2) is 0 Å². The molecule has 0 unspecified atom stereocenters. The Bertz CT molecular complexity index is 605. The van der Waals surface area contributed by atoms with E-state index in [1.807, 2.05) is 49.5 Å². The van der Waals surface area contributed by atoms with Crippen molar-refractivity contribution in [2.75, 3.05) is 6.61 Å². The molecule has 0 saturated carbocycles. The third kappa shape index (κ3) is 3.81. The summed E-state index contributed by atoms with van der Waals surface area (Å²) in [5.74, 6) is 0.757. The van der Waals surface area contributed by atoms with Gasteiger partial charge in [-0.05, 0) is 30.2 Å². The maximum atomic E-state index is 8.58. The number of nitrogens with zero attached hydrogens (tertiary/aromatic N) is 2. The number of hydrogen-bond donors (Lipinski definition) is 1. The van der Waals surface area contributed by atoms with Crippen molar-refractivity contribution in [3.63, 3.8) is 0 Å². The van der Waals surface area contributed by atoms with E-state index in [0.29, 0.717) is 6.54 Å². The van der Waals surface area contributed by atoms with E-state index in [1.54, 1.807) is 6.20 Å². The topological polar surface area (TPSA) is 57.9 Å². The summed E-state index contributed by atoms with van der Waals surface area (Å²) in [7, 11) is 0. The molecule has 4 heteroatoms. The van der Waals surface area contributed by atoms with Gasteiger partial charge in [-0.15, -0.1) is 0 Å². The summed E-state index contributed by atoms with van der Waals surface area (Å²) >= 11 is 0. The second-order valence-corrected chi connectivity index (χ2v) is 4.46. The van der Waals surface area contributed by atoms with Crippen LogP contribution >= 0.6 is 0 Å². The Labute approximate surface area is 119 Å². The molecule has 4 nitrogen and oxygen atoms in total. The third-order valence-electron chi connectivity index (χ3n) is 3.03. The number of nitriles is 1. The molecule has 2 rings (SSSR count). The van der Waals surface area contributed by atoms with Crippen LogP contribution in [0.4, 0.5) is 0 Å². The summed E-state index contributed by atoms with van der Waals surface area (Å²) in [6, 6.07) is 11.7. The van der Waals surface area contributed by atoms with Crippen LogP contribution in [0.2, 0.25) is 0 Å². The molecule has 0 amide bonds. The third-order valence-corrected chi connectivity index (χ3v) is 3.03. The summed E-state index contributed by atoms with van der Waals surface area (Å²) in [4.78, 5) is 4.08. The predicted molar refractivity (Wildman–Crippen MR) is 77.1 cm³/mol. The van der Waals surface area contributed by atoms with Crippen LogP contribution in [0.25, 0.3) is 0 Å². The zero-order valence-electron chi connectivity index (χ0n) is 11.5. The molecule has 0 atom stereocenters. The van der Waals surface area contributed by atoms with Crippen molar-refractivity contribution in [1.29, 1.82) is 5.26 Å². The molecule has 1 aromatic carbocycles. The van der Waals surface area contributed by atoms with Gasteiger partial charge in [-0.1, -0.05) is 18.2 Å². The molecule has 0 aliphatic carbocycles. The van der Waals surface area contributed by atoms with Crippen LogP contribution in [0.1, 0.15) is 16.7 Å². The summed E-state index contributed by atoms with van der Waals surface area (Å²) in [5, 5.41) is 12.0. The summed E-state index contributed by atoms with van der Waals surface area (Å²) in [6.07, 6.45) is 3.66. The average molecular weight is 267 g/mol. The molecular weight excluding hydrogens is 250 g/mol. The fourth-order valence-corrected chi connectivity index (χ4v) is 1.93. The van der Waals surface area contributed by atoms with Gasteiger partial charge in [0, 0.05) is 31.0 Å². The number of benzene rings is 1. The number of nitrogens with one attached hydrogen (secondary N) is 1. The van der Waals surface area contributed by atoms with Crippen LogP contribution in [0.15, 0.2) is 42.7 Å². The molecule has 20 heavy (non-hydrogen) atoms. The quantitative estimate of drug-likeness (QED) is 0.874. The zero-order chi connectivity index (χ0) is 14.2. The predicted octanol–water partition coefficient (Wildman–Crippen LogP) is 2.58. The van der Waals surface area contributed by atoms with Crippen molar-refractivity contribution in [1.82, 2.24) is 10.3 Å². The first-order chi connectivity index (χ1) is 9.81. The Morgan fingerprint density at radius 2 is 2.00 bits per heavy atom. The van der Waals surface area contributed by atoms with E-state index in [-0.39, 0.29) is 6.61 Å². The lowest BCUT2D eigenvalue weighted by molar-refractivity contribution is 0.362. The second kappa shape index (κ2) is 7.27. The lowest BCUT2D eigenvalue weighted by atomic mass is 10.1. The molecule has 0 bridgehead atoms. The van der Waals surface area contributed by atoms with Gasteiger partial charge in [-0.2, -0.15) is 5.26 Å². The fraction of sp³-hybridized carbons (Fsp3) is 0.250. The number of rotatable bonds is 6. The van der Waals surface area contributed by atoms with Gasteiger partial charge in [0.15, 0.2) is 6.61 Å². The highest BCUT2D eigenvalue weighted by Gasteiger charge is 2.03. The minimum Gasteiger partial charge on any atom is -0.478 e. The van der Waals surface area contributed by atoms with E-state index in [9.17, 15) is 0 Å². The number of pyridine rings is 1. The van der Waals surface area contributed by atoms with Crippen molar-refractivity contribution < 1.29 is 4.74 Å². The molecule has 0 saturated heterocycles. The first kappa shape index (κ1) is 14.0. The maximum absolute atomic E-state index is 8.58. The Balaban J connectivity index is 1.94. The molecule has 1 aromatic heterocycles. The van der Waals surface area contributed by atoms with Gasteiger partial charge in [0.1, 0.15) is 11.8 Å². The Kier molecular flexibility index (Phi) is 5.10. The van der Waals surface area contributed by atoms with Crippen molar-refractivity contribution in [2.24, 2.45) is 0 Å². The second-order valence-electron chi connectivity index (χ2n) is 4.46. The molecule has 0 fully saturated rings. The van der Waals surface area contributed by atoms with Crippen molar-refractivity contribution >= 4 is 0 Å². The molecule has 102 valence electrons. The molecule has 0 spiro atoms. The van der Waals surface area contributed by atoms with Gasteiger partial charge >= 0.3 is 0 Å². The number of para-hydroxylation sites is 1. The summed E-state index contributed by atoms with van der Waals surface area (Å²) < 4.78 is 5.40. The average Bonchev–Trinajstić information content (AvgIpc) is 2.48. The van der Waals surface area contributed by atoms with Gasteiger partial charge < -0.3 is 10.1 Å². The number of hydrogen-bond acceptors (Lipinski definition) is 4. The van der Waals surface area contributed by atoms with E-state index >= 15 is 0 Å². The molecule has 2 aromatic rings. The van der Waals surface area contributed by atoms with E-state index in [1.165, 1.54) is 11.1 Å². The molecule has 0 radical (unpaired) electrons. The molecule has 1 heterocycles. The minimum absolute atomic E-state index is 0.0699. The fourth-order valence-electron chi connectivity index (χ4n) is 1.93. The van der Waals surface area contributed by atoms with Crippen LogP contribution in [0.5, 0.6) is 5.75 Å². The standard InChI is InChI=1S/C16H17N3O/c1-13-10-18-8-6-14(13)11-19-12-15-4-2-3-5-16(15)20-9-7-17/h2-6,8,10,19H,9,11-12H2,1H3. The van der Waals surface area contributed by atoms with Gasteiger partial charge in [0.25, 0.3) is 0 Å². The SMILES string of the molecule is Cc1cnccc1CNCc1ccccc1OCC#N. The van der Waals surface area contributed by atoms with Crippen LogP contribution in [0.3, 0.4) is 0 Å². The highest BCUT2D eigenvalue weighted by atomic mass is 16.5. The number of aryl methyl sites for hydroxylation is 1. The maximum Gasteiger partial charge on any atom is 0.174 e.